The van der Waals surface area contributed by atoms with Crippen LogP contribution < -0.4 is 4.72 Å². The number of imidazole rings is 1. The number of sulfonamides is 1. The molecule has 0 radical (unpaired) electrons. The van der Waals surface area contributed by atoms with Gasteiger partial charge < -0.3 is 4.57 Å². The Balaban J connectivity index is 2.27. The van der Waals surface area contributed by atoms with Gasteiger partial charge in [-0.15, -0.1) is 0 Å². The summed E-state index contributed by atoms with van der Waals surface area (Å²) in [5.74, 6) is -1.21. The molecule has 1 amide bonds. The summed E-state index contributed by atoms with van der Waals surface area (Å²) in [7, 11) is -4.33. The Morgan fingerprint density at radius 3 is 2.46 bits per heavy atom. The van der Waals surface area contributed by atoms with Crippen LogP contribution in [0.5, 0.6) is 0 Å². The van der Waals surface area contributed by atoms with Crippen LogP contribution in [0, 0.1) is 0 Å². The van der Waals surface area contributed by atoms with Gasteiger partial charge in [-0.2, -0.15) is 13.2 Å². The molecule has 1 aromatic carbocycles. The Kier molecular flexibility index (Phi) is 6.26. The van der Waals surface area contributed by atoms with Crippen LogP contribution in [0.15, 0.2) is 33.9 Å². The van der Waals surface area contributed by atoms with Gasteiger partial charge in [0, 0.05) is 6.54 Å². The summed E-state index contributed by atoms with van der Waals surface area (Å²) >= 11 is 14.6. The first-order valence-corrected chi connectivity index (χ1v) is 9.75. The van der Waals surface area contributed by atoms with Crippen LogP contribution in [0.1, 0.15) is 16.9 Å². The molecule has 1 N–H and O–H groups in total. The third-order valence-corrected chi connectivity index (χ3v) is 5.87. The molecule has 0 bridgehead atoms. The van der Waals surface area contributed by atoms with Gasteiger partial charge in [-0.25, -0.2) is 18.1 Å². The predicted octanol–water partition coefficient (Wildman–Crippen LogP) is 4.02. The van der Waals surface area contributed by atoms with Crippen molar-refractivity contribution < 1.29 is 26.4 Å². The van der Waals surface area contributed by atoms with E-state index in [0.29, 0.717) is 0 Å². The molecular formula is C13H9BrCl2F3N3O3S. The zero-order chi connectivity index (χ0) is 19.7. The van der Waals surface area contributed by atoms with E-state index in [1.165, 1.54) is 24.3 Å². The highest BCUT2D eigenvalue weighted by Crippen LogP contribution is 2.27. The molecule has 0 atom stereocenters. The van der Waals surface area contributed by atoms with Gasteiger partial charge in [-0.1, -0.05) is 35.3 Å². The zero-order valence-electron chi connectivity index (χ0n) is 12.5. The largest absolute Gasteiger partial charge is 0.390 e. The lowest BCUT2D eigenvalue weighted by molar-refractivity contribution is -0.136. The third kappa shape index (κ3) is 4.90. The van der Waals surface area contributed by atoms with Crippen molar-refractivity contribution in [3.63, 3.8) is 0 Å². The van der Waals surface area contributed by atoms with Crippen LogP contribution in [0.2, 0.25) is 10.2 Å². The molecule has 1 aromatic heterocycles. The highest BCUT2D eigenvalue weighted by atomic mass is 79.9. The first kappa shape index (κ1) is 21.0. The van der Waals surface area contributed by atoms with Gasteiger partial charge in [0.25, 0.3) is 15.9 Å². The molecule has 0 saturated heterocycles. The van der Waals surface area contributed by atoms with E-state index < -0.39 is 45.9 Å². The smallest absolute Gasteiger partial charge is 0.309 e. The van der Waals surface area contributed by atoms with Crippen molar-refractivity contribution >= 4 is 55.1 Å². The van der Waals surface area contributed by atoms with Gasteiger partial charge in [0.05, 0.1) is 11.4 Å². The molecule has 0 unspecified atom stereocenters. The fourth-order valence-corrected chi connectivity index (χ4v) is 4.27. The summed E-state index contributed by atoms with van der Waals surface area (Å²) in [5.41, 5.74) is -0.545. The van der Waals surface area contributed by atoms with E-state index in [9.17, 15) is 26.4 Å². The highest BCUT2D eigenvalue weighted by Gasteiger charge is 2.30. The topological polar surface area (TPSA) is 81.1 Å². The van der Waals surface area contributed by atoms with E-state index in [0.717, 1.165) is 4.57 Å². The fraction of sp³-hybridized carbons (Fsp3) is 0.231. The number of nitrogens with one attached hydrogen (secondary N) is 1. The van der Waals surface area contributed by atoms with Crippen molar-refractivity contribution in [2.45, 2.75) is 24.0 Å². The Hall–Kier alpha value is -1.30. The number of amides is 1. The van der Waals surface area contributed by atoms with Gasteiger partial charge in [-0.3, -0.25) is 4.79 Å². The molecule has 142 valence electrons. The molecule has 1 heterocycles. The van der Waals surface area contributed by atoms with Crippen molar-refractivity contribution in [3.05, 3.63) is 44.9 Å². The summed E-state index contributed by atoms with van der Waals surface area (Å²) in [6.45, 7) is -0.597. The lowest BCUT2D eigenvalue weighted by Gasteiger charge is -2.09. The minimum absolute atomic E-state index is 0.115. The molecule has 2 rings (SSSR count). The second-order valence-corrected chi connectivity index (χ2v) is 8.03. The van der Waals surface area contributed by atoms with E-state index >= 15 is 0 Å². The van der Waals surface area contributed by atoms with Crippen LogP contribution >= 0.6 is 39.1 Å². The number of aromatic nitrogens is 2. The number of nitrogens with zero attached hydrogens (tertiary/aromatic N) is 2. The standard InChI is InChI=1S/C13H9BrCl2F3N3O3S/c14-12-20-9(10(16)22(12)6-5-13(17,18)19)11(23)21-26(24,25)8-4-2-1-3-7(8)15/h1-4H,5-6H2,(H,21,23). The third-order valence-electron chi connectivity index (χ3n) is 3.05. The minimum Gasteiger partial charge on any atom is -0.309 e. The Labute approximate surface area is 164 Å². The lowest BCUT2D eigenvalue weighted by Crippen LogP contribution is -2.31. The fourth-order valence-electron chi connectivity index (χ4n) is 1.87. The molecule has 0 saturated carbocycles. The van der Waals surface area contributed by atoms with Gasteiger partial charge in [0.15, 0.2) is 10.4 Å². The van der Waals surface area contributed by atoms with E-state index in [4.69, 9.17) is 23.2 Å². The summed E-state index contributed by atoms with van der Waals surface area (Å²) in [4.78, 5) is 15.5. The van der Waals surface area contributed by atoms with Crippen LogP contribution in [0.3, 0.4) is 0 Å². The monoisotopic (exact) mass is 493 g/mol. The predicted molar refractivity (Wildman–Crippen MR) is 91.7 cm³/mol. The van der Waals surface area contributed by atoms with Crippen molar-refractivity contribution in [3.8, 4) is 0 Å². The van der Waals surface area contributed by atoms with Gasteiger partial charge in [0.1, 0.15) is 10.0 Å². The summed E-state index contributed by atoms with van der Waals surface area (Å²) in [5, 5.41) is -0.552. The molecule has 0 aliphatic carbocycles. The molecule has 6 nitrogen and oxygen atoms in total. The molecular weight excluding hydrogens is 486 g/mol. The average molecular weight is 495 g/mol. The molecule has 26 heavy (non-hydrogen) atoms. The van der Waals surface area contributed by atoms with Crippen LogP contribution in [-0.2, 0) is 16.6 Å². The van der Waals surface area contributed by atoms with Crippen molar-refractivity contribution in [1.82, 2.24) is 14.3 Å². The van der Waals surface area contributed by atoms with Crippen LogP contribution in [0.25, 0.3) is 0 Å². The average Bonchev–Trinajstić information content (AvgIpc) is 2.79. The van der Waals surface area contributed by atoms with Gasteiger partial charge >= 0.3 is 6.18 Å². The lowest BCUT2D eigenvalue weighted by atomic mass is 10.4. The zero-order valence-corrected chi connectivity index (χ0v) is 16.4. The Morgan fingerprint density at radius 1 is 1.27 bits per heavy atom. The number of alkyl halides is 3. The van der Waals surface area contributed by atoms with E-state index in [1.54, 1.807) is 4.72 Å². The maximum absolute atomic E-state index is 12.4. The minimum atomic E-state index is -4.44. The normalized spacial score (nSPS) is 12.2. The molecule has 0 aliphatic rings. The van der Waals surface area contributed by atoms with Gasteiger partial charge in [0.2, 0.25) is 0 Å². The second kappa shape index (κ2) is 7.75. The molecule has 0 aliphatic heterocycles. The van der Waals surface area contributed by atoms with Crippen LogP contribution in [0.4, 0.5) is 13.2 Å². The van der Waals surface area contributed by atoms with Crippen molar-refractivity contribution in [1.29, 1.82) is 0 Å². The second-order valence-electron chi connectivity index (χ2n) is 4.90. The number of carbonyl (C=O) groups is 1. The van der Waals surface area contributed by atoms with Gasteiger partial charge in [-0.05, 0) is 28.1 Å². The summed E-state index contributed by atoms with van der Waals surface area (Å²) in [6, 6.07) is 5.40. The van der Waals surface area contributed by atoms with E-state index in [-0.39, 0.29) is 14.7 Å². The number of carbonyl (C=O) groups excluding carboxylic acids is 1. The number of hydrogen-bond acceptors (Lipinski definition) is 4. The number of hydrogen-bond donors (Lipinski definition) is 1. The van der Waals surface area contributed by atoms with Crippen LogP contribution in [-0.4, -0.2) is 30.1 Å². The number of benzene rings is 1. The maximum Gasteiger partial charge on any atom is 0.390 e. The first-order valence-electron chi connectivity index (χ1n) is 6.72. The highest BCUT2D eigenvalue weighted by molar-refractivity contribution is 9.10. The van der Waals surface area contributed by atoms with E-state index in [1.807, 2.05) is 0 Å². The number of rotatable bonds is 5. The SMILES string of the molecule is O=C(NS(=O)(=O)c1ccccc1Cl)c1nc(Br)n(CCC(F)(F)F)c1Cl. The quantitative estimate of drug-likeness (QED) is 0.680. The number of halogens is 6. The summed E-state index contributed by atoms with van der Waals surface area (Å²) < 4.78 is 64.0. The molecule has 0 fully saturated rings. The van der Waals surface area contributed by atoms with E-state index in [2.05, 4.69) is 20.9 Å². The summed E-state index contributed by atoms with van der Waals surface area (Å²) in [6.07, 6.45) is -5.65. The van der Waals surface area contributed by atoms with Crippen molar-refractivity contribution in [2.24, 2.45) is 0 Å². The van der Waals surface area contributed by atoms with Crippen molar-refractivity contribution in [2.75, 3.05) is 0 Å². The molecule has 2 aromatic rings. The Morgan fingerprint density at radius 2 is 1.88 bits per heavy atom. The molecule has 13 heteroatoms. The Bertz CT molecular complexity index is 948. The first-order chi connectivity index (χ1) is 11.9. The molecule has 0 spiro atoms. The maximum atomic E-state index is 12.4.